The maximum absolute atomic E-state index is 12.2. The molecular formula is C23H36N2O3Si. The van der Waals surface area contributed by atoms with Gasteiger partial charge in [0.1, 0.15) is 0 Å². The minimum Gasteiger partial charge on any atom is -0.466 e. The summed E-state index contributed by atoms with van der Waals surface area (Å²) in [7, 11) is -1.99. The van der Waals surface area contributed by atoms with Gasteiger partial charge in [0.25, 0.3) is 0 Å². The molecule has 1 aliphatic rings. The molecular weight excluding hydrogens is 380 g/mol. The molecule has 2 atom stereocenters. The Morgan fingerprint density at radius 2 is 1.97 bits per heavy atom. The van der Waals surface area contributed by atoms with Crippen LogP contribution in [0.25, 0.3) is 0 Å². The second-order valence-electron chi connectivity index (χ2n) is 9.45. The van der Waals surface area contributed by atoms with Gasteiger partial charge in [0.2, 0.25) is 0 Å². The van der Waals surface area contributed by atoms with Crippen molar-refractivity contribution in [3.05, 3.63) is 35.4 Å². The summed E-state index contributed by atoms with van der Waals surface area (Å²) in [5.41, 5.74) is 1.74. The van der Waals surface area contributed by atoms with Crippen molar-refractivity contribution in [1.82, 2.24) is 4.90 Å². The highest BCUT2D eigenvalue weighted by molar-refractivity contribution is 6.74. The number of hydrogen-bond donors (Lipinski definition) is 0. The summed E-state index contributed by atoms with van der Waals surface area (Å²) < 4.78 is 12.1. The van der Waals surface area contributed by atoms with Crippen molar-refractivity contribution in [2.24, 2.45) is 5.92 Å². The lowest BCUT2D eigenvalue weighted by atomic mass is 9.97. The number of ether oxygens (including phenoxy) is 1. The molecule has 1 heterocycles. The fourth-order valence-electron chi connectivity index (χ4n) is 3.42. The van der Waals surface area contributed by atoms with Crippen LogP contribution in [-0.2, 0) is 14.0 Å². The molecule has 5 nitrogen and oxygen atoms in total. The first-order valence-electron chi connectivity index (χ1n) is 10.6. The van der Waals surface area contributed by atoms with Crippen LogP contribution in [0.1, 0.15) is 57.8 Å². The summed E-state index contributed by atoms with van der Waals surface area (Å²) in [6.45, 7) is 16.0. The Morgan fingerprint density at radius 1 is 1.31 bits per heavy atom. The van der Waals surface area contributed by atoms with Crippen molar-refractivity contribution < 1.29 is 14.0 Å². The van der Waals surface area contributed by atoms with Crippen molar-refractivity contribution in [3.63, 3.8) is 0 Å². The molecule has 0 bridgehead atoms. The van der Waals surface area contributed by atoms with Crippen LogP contribution in [0.15, 0.2) is 24.3 Å². The molecule has 0 aliphatic carbocycles. The van der Waals surface area contributed by atoms with Crippen molar-refractivity contribution in [2.45, 2.75) is 64.8 Å². The first kappa shape index (κ1) is 23.6. The number of benzene rings is 1. The van der Waals surface area contributed by atoms with Gasteiger partial charge in [-0.25, -0.2) is 0 Å². The minimum atomic E-state index is -1.99. The third-order valence-electron chi connectivity index (χ3n) is 6.20. The summed E-state index contributed by atoms with van der Waals surface area (Å²) in [6, 6.07) is 9.90. The average molecular weight is 417 g/mol. The predicted octanol–water partition coefficient (Wildman–Crippen LogP) is 4.90. The Labute approximate surface area is 177 Å². The monoisotopic (exact) mass is 416 g/mol. The van der Waals surface area contributed by atoms with E-state index in [2.05, 4.69) is 44.8 Å². The summed E-state index contributed by atoms with van der Waals surface area (Å²) in [5, 5.41) is 9.22. The van der Waals surface area contributed by atoms with Crippen LogP contribution in [-0.4, -0.2) is 45.4 Å². The molecule has 1 saturated heterocycles. The molecule has 6 heteroatoms. The molecule has 1 unspecified atom stereocenters. The van der Waals surface area contributed by atoms with Gasteiger partial charge in [-0.1, -0.05) is 32.9 Å². The van der Waals surface area contributed by atoms with Gasteiger partial charge in [-0.05, 0) is 62.1 Å². The number of rotatable bonds is 7. The topological polar surface area (TPSA) is 62.6 Å². The van der Waals surface area contributed by atoms with Gasteiger partial charge in [0, 0.05) is 13.1 Å². The van der Waals surface area contributed by atoms with Crippen LogP contribution in [0.5, 0.6) is 0 Å². The van der Waals surface area contributed by atoms with Gasteiger partial charge in [-0.3, -0.25) is 9.69 Å². The lowest BCUT2D eigenvalue weighted by molar-refractivity contribution is -0.150. The van der Waals surface area contributed by atoms with Crippen molar-refractivity contribution in [1.29, 1.82) is 5.26 Å². The van der Waals surface area contributed by atoms with Crippen LogP contribution in [0.3, 0.4) is 0 Å². The first-order valence-corrected chi connectivity index (χ1v) is 13.5. The van der Waals surface area contributed by atoms with Gasteiger partial charge in [0.15, 0.2) is 8.32 Å². The fraction of sp³-hybridized carbons (Fsp3) is 0.652. The van der Waals surface area contributed by atoms with Gasteiger partial charge in [0.05, 0.1) is 30.3 Å². The molecule has 160 valence electrons. The maximum atomic E-state index is 12.2. The Kier molecular flexibility index (Phi) is 8.04. The van der Waals surface area contributed by atoms with Crippen molar-refractivity contribution in [2.75, 3.05) is 26.2 Å². The summed E-state index contributed by atoms with van der Waals surface area (Å²) in [4.78, 5) is 14.6. The molecule has 0 radical (unpaired) electrons. The lowest BCUT2D eigenvalue weighted by Crippen LogP contribution is -2.46. The number of esters is 1. The summed E-state index contributed by atoms with van der Waals surface area (Å²) >= 11 is 0. The number of nitriles is 1. The molecule has 1 aliphatic heterocycles. The normalized spacial score (nSPS) is 19.4. The Bertz CT molecular complexity index is 719. The molecule has 0 spiro atoms. The second kappa shape index (κ2) is 9.88. The van der Waals surface area contributed by atoms with Gasteiger partial charge in [-0.15, -0.1) is 0 Å². The summed E-state index contributed by atoms with van der Waals surface area (Å²) in [5.74, 6) is -0.143. The van der Waals surface area contributed by atoms with Crippen LogP contribution in [0, 0.1) is 17.2 Å². The zero-order chi connectivity index (χ0) is 21.7. The number of piperidine rings is 1. The molecule has 1 aromatic carbocycles. The smallest absolute Gasteiger partial charge is 0.310 e. The van der Waals surface area contributed by atoms with Gasteiger partial charge in [-0.2, -0.15) is 5.26 Å². The van der Waals surface area contributed by atoms with E-state index in [4.69, 9.17) is 14.4 Å². The number of nitrogens with zero attached hydrogens (tertiary/aromatic N) is 2. The predicted molar refractivity (Wildman–Crippen MR) is 118 cm³/mol. The van der Waals surface area contributed by atoms with Gasteiger partial charge < -0.3 is 9.16 Å². The highest BCUT2D eigenvalue weighted by atomic mass is 28.4. The zero-order valence-electron chi connectivity index (χ0n) is 18.8. The quantitative estimate of drug-likeness (QED) is 0.467. The Hall–Kier alpha value is -1.68. The highest BCUT2D eigenvalue weighted by Crippen LogP contribution is 2.40. The second-order valence-corrected chi connectivity index (χ2v) is 14.2. The Balaban J connectivity index is 2.20. The minimum absolute atomic E-state index is 0.0572. The van der Waals surface area contributed by atoms with E-state index in [1.165, 1.54) is 0 Å². The number of carbonyl (C=O) groups is 1. The highest BCUT2D eigenvalue weighted by Gasteiger charge is 2.40. The fourth-order valence-corrected chi connectivity index (χ4v) is 4.70. The number of hydrogen-bond acceptors (Lipinski definition) is 5. The first-order chi connectivity index (χ1) is 13.6. The zero-order valence-corrected chi connectivity index (χ0v) is 19.8. The molecule has 0 amide bonds. The largest absolute Gasteiger partial charge is 0.466 e. The van der Waals surface area contributed by atoms with E-state index in [0.717, 1.165) is 31.5 Å². The summed E-state index contributed by atoms with van der Waals surface area (Å²) in [6.07, 6.45) is 1.80. The van der Waals surface area contributed by atoms with Gasteiger partial charge >= 0.3 is 5.97 Å². The molecule has 0 N–H and O–H groups in total. The maximum Gasteiger partial charge on any atom is 0.310 e. The Morgan fingerprint density at radius 3 is 2.52 bits per heavy atom. The standard InChI is InChI=1S/C23H36N2O3Si/c1-7-27-22(26)20-9-8-14-25(16-20)17-21(28-29(5,6)23(2,3)4)19-12-10-18(15-24)11-13-19/h10-13,20-21H,7-9,14,16-17H2,1-6H3/t20?,21-/m1/s1. The van der Waals surface area contributed by atoms with Crippen LogP contribution in [0.2, 0.25) is 18.1 Å². The third-order valence-corrected chi connectivity index (χ3v) is 10.7. The van der Waals surface area contributed by atoms with Crippen molar-refractivity contribution in [3.8, 4) is 6.07 Å². The molecule has 29 heavy (non-hydrogen) atoms. The van der Waals surface area contributed by atoms with E-state index in [-0.39, 0.29) is 23.0 Å². The lowest BCUT2D eigenvalue weighted by Gasteiger charge is -2.41. The van der Waals surface area contributed by atoms with Crippen molar-refractivity contribution >= 4 is 14.3 Å². The number of carbonyl (C=O) groups excluding carboxylic acids is 1. The van der Waals surface area contributed by atoms with E-state index in [0.29, 0.717) is 18.7 Å². The third kappa shape index (κ3) is 6.40. The van der Waals surface area contributed by atoms with Crippen LogP contribution < -0.4 is 0 Å². The van der Waals surface area contributed by atoms with Crippen LogP contribution >= 0.6 is 0 Å². The molecule has 0 aromatic heterocycles. The van der Waals surface area contributed by atoms with E-state index in [1.807, 2.05) is 31.2 Å². The SMILES string of the molecule is CCOC(=O)C1CCCN(C[C@@H](O[Si](C)(C)C(C)(C)C)c2ccc(C#N)cc2)C1. The van der Waals surface area contributed by atoms with Crippen LogP contribution in [0.4, 0.5) is 0 Å². The average Bonchev–Trinajstić information content (AvgIpc) is 2.67. The van der Waals surface area contributed by atoms with E-state index in [9.17, 15) is 4.79 Å². The molecule has 1 aromatic rings. The molecule has 0 saturated carbocycles. The van der Waals surface area contributed by atoms with E-state index < -0.39 is 8.32 Å². The number of likely N-dealkylation sites (tertiary alicyclic amines) is 1. The van der Waals surface area contributed by atoms with E-state index in [1.54, 1.807) is 0 Å². The molecule has 1 fully saturated rings. The van der Waals surface area contributed by atoms with E-state index >= 15 is 0 Å². The molecule has 2 rings (SSSR count).